The van der Waals surface area contributed by atoms with Gasteiger partial charge in [0, 0.05) is 23.4 Å². The molecule has 1 atom stereocenters. The molecule has 0 aromatic heterocycles. The lowest BCUT2D eigenvalue weighted by Crippen LogP contribution is -2.19. The van der Waals surface area contributed by atoms with E-state index >= 15 is 0 Å². The Labute approximate surface area is 107 Å². The molecule has 0 spiro atoms. The van der Waals surface area contributed by atoms with Crippen LogP contribution in [0, 0.1) is 18.7 Å². The second-order valence-corrected chi connectivity index (χ2v) is 4.94. The lowest BCUT2D eigenvalue weighted by molar-refractivity contribution is -0.119. The Balaban J connectivity index is 2.09. The van der Waals surface area contributed by atoms with E-state index in [1.165, 1.54) is 6.07 Å². The molecule has 0 unspecified atom stereocenters. The zero-order valence-electron chi connectivity index (χ0n) is 10.8. The van der Waals surface area contributed by atoms with Gasteiger partial charge in [0.2, 0.25) is 0 Å². The van der Waals surface area contributed by atoms with E-state index in [2.05, 4.69) is 5.32 Å². The van der Waals surface area contributed by atoms with Crippen molar-refractivity contribution < 1.29 is 9.18 Å². The van der Waals surface area contributed by atoms with E-state index < -0.39 is 0 Å². The fourth-order valence-corrected chi connectivity index (χ4v) is 2.22. The summed E-state index contributed by atoms with van der Waals surface area (Å²) in [7, 11) is 0. The SMILES string of the molecule is Cc1cc(N/C=C2\CCC[C@H](C)C2=O)ccc1F. The van der Waals surface area contributed by atoms with Gasteiger partial charge in [-0.05, 0) is 49.9 Å². The van der Waals surface area contributed by atoms with Gasteiger partial charge in [-0.3, -0.25) is 4.79 Å². The van der Waals surface area contributed by atoms with Gasteiger partial charge in [-0.2, -0.15) is 0 Å². The number of allylic oxidation sites excluding steroid dienone is 1. The van der Waals surface area contributed by atoms with Crippen molar-refractivity contribution in [3.8, 4) is 0 Å². The number of nitrogens with one attached hydrogen (secondary N) is 1. The van der Waals surface area contributed by atoms with Crippen molar-refractivity contribution in [1.29, 1.82) is 0 Å². The molecule has 0 amide bonds. The van der Waals surface area contributed by atoms with Crippen LogP contribution in [0.1, 0.15) is 31.7 Å². The summed E-state index contributed by atoms with van der Waals surface area (Å²) in [6.45, 7) is 3.69. The van der Waals surface area contributed by atoms with Crippen molar-refractivity contribution in [2.24, 2.45) is 5.92 Å². The third kappa shape index (κ3) is 2.78. The van der Waals surface area contributed by atoms with Crippen molar-refractivity contribution in [2.75, 3.05) is 5.32 Å². The van der Waals surface area contributed by atoms with Gasteiger partial charge in [0.1, 0.15) is 5.82 Å². The second kappa shape index (κ2) is 5.34. The molecule has 0 saturated heterocycles. The standard InChI is InChI=1S/C15H18FNO/c1-10-4-3-5-12(15(10)18)9-17-13-6-7-14(16)11(2)8-13/h6-10,17H,3-5H2,1-2H3/b12-9+/t10-/m0/s1. The maximum atomic E-state index is 13.1. The summed E-state index contributed by atoms with van der Waals surface area (Å²) in [5.74, 6) is 0.143. The lowest BCUT2D eigenvalue weighted by atomic mass is 9.86. The average Bonchev–Trinajstić information content (AvgIpc) is 2.35. The van der Waals surface area contributed by atoms with Gasteiger partial charge >= 0.3 is 0 Å². The number of carbonyl (C=O) groups is 1. The summed E-state index contributed by atoms with van der Waals surface area (Å²) in [5.41, 5.74) is 2.25. The van der Waals surface area contributed by atoms with Crippen molar-refractivity contribution in [2.45, 2.75) is 33.1 Å². The molecule has 0 radical (unpaired) electrons. The van der Waals surface area contributed by atoms with Gasteiger partial charge in [0.05, 0.1) is 0 Å². The number of ketones is 1. The minimum Gasteiger partial charge on any atom is -0.361 e. The molecule has 1 N–H and O–H groups in total. The number of halogens is 1. The third-order valence-electron chi connectivity index (χ3n) is 3.42. The van der Waals surface area contributed by atoms with Crippen LogP contribution < -0.4 is 5.32 Å². The topological polar surface area (TPSA) is 29.1 Å². The van der Waals surface area contributed by atoms with Crippen LogP contribution in [0.3, 0.4) is 0 Å². The van der Waals surface area contributed by atoms with Gasteiger partial charge in [-0.15, -0.1) is 0 Å². The Hall–Kier alpha value is -1.64. The van der Waals surface area contributed by atoms with E-state index in [-0.39, 0.29) is 17.5 Å². The first-order valence-corrected chi connectivity index (χ1v) is 6.34. The number of anilines is 1. The zero-order chi connectivity index (χ0) is 13.1. The second-order valence-electron chi connectivity index (χ2n) is 4.94. The number of rotatable bonds is 2. The van der Waals surface area contributed by atoms with E-state index in [0.29, 0.717) is 5.56 Å². The van der Waals surface area contributed by atoms with Crippen LogP contribution >= 0.6 is 0 Å². The summed E-state index contributed by atoms with van der Waals surface area (Å²) < 4.78 is 13.1. The van der Waals surface area contributed by atoms with Crippen LogP contribution in [-0.4, -0.2) is 5.78 Å². The number of benzene rings is 1. The molecule has 0 aliphatic heterocycles. The van der Waals surface area contributed by atoms with E-state index in [9.17, 15) is 9.18 Å². The van der Waals surface area contributed by atoms with Gasteiger partial charge in [-0.1, -0.05) is 6.92 Å². The minimum atomic E-state index is -0.212. The Bertz CT molecular complexity index is 493. The molecule has 1 aromatic carbocycles. The lowest BCUT2D eigenvalue weighted by Gasteiger charge is -2.19. The molecule has 96 valence electrons. The smallest absolute Gasteiger partial charge is 0.163 e. The summed E-state index contributed by atoms with van der Waals surface area (Å²) in [6.07, 6.45) is 4.63. The van der Waals surface area contributed by atoms with E-state index in [1.807, 2.05) is 6.92 Å². The molecule has 3 heteroatoms. The first-order chi connectivity index (χ1) is 8.58. The Morgan fingerprint density at radius 1 is 1.44 bits per heavy atom. The highest BCUT2D eigenvalue weighted by atomic mass is 19.1. The first kappa shape index (κ1) is 12.8. The van der Waals surface area contributed by atoms with Crippen molar-refractivity contribution >= 4 is 11.5 Å². The fraction of sp³-hybridized carbons (Fsp3) is 0.400. The van der Waals surface area contributed by atoms with Gasteiger partial charge in [-0.25, -0.2) is 4.39 Å². The molecule has 2 nitrogen and oxygen atoms in total. The van der Waals surface area contributed by atoms with E-state index in [4.69, 9.17) is 0 Å². The summed E-state index contributed by atoms with van der Waals surface area (Å²) in [5, 5.41) is 3.08. The van der Waals surface area contributed by atoms with E-state index in [0.717, 1.165) is 30.5 Å². The number of aryl methyl sites for hydroxylation is 1. The quantitative estimate of drug-likeness (QED) is 0.805. The Morgan fingerprint density at radius 3 is 2.94 bits per heavy atom. The average molecular weight is 247 g/mol. The highest BCUT2D eigenvalue weighted by molar-refractivity contribution is 5.97. The highest BCUT2D eigenvalue weighted by Gasteiger charge is 2.22. The normalized spacial score (nSPS) is 22.3. The van der Waals surface area contributed by atoms with Crippen molar-refractivity contribution in [3.05, 3.63) is 41.4 Å². The van der Waals surface area contributed by atoms with Crippen molar-refractivity contribution in [3.63, 3.8) is 0 Å². The molecule has 2 rings (SSSR count). The molecular formula is C15H18FNO. The number of Topliss-reactive ketones (excluding diaryl/α,β-unsaturated/α-hetero) is 1. The monoisotopic (exact) mass is 247 g/mol. The molecule has 0 bridgehead atoms. The molecule has 0 heterocycles. The van der Waals surface area contributed by atoms with Gasteiger partial charge in [0.15, 0.2) is 5.78 Å². The van der Waals surface area contributed by atoms with Crippen LogP contribution in [0.15, 0.2) is 30.0 Å². The number of hydrogen-bond acceptors (Lipinski definition) is 2. The predicted molar refractivity (Wildman–Crippen MR) is 70.9 cm³/mol. The van der Waals surface area contributed by atoms with Crippen LogP contribution in [0.5, 0.6) is 0 Å². The molecule has 1 aliphatic rings. The first-order valence-electron chi connectivity index (χ1n) is 6.34. The predicted octanol–water partition coefficient (Wildman–Crippen LogP) is 3.82. The Morgan fingerprint density at radius 2 is 2.22 bits per heavy atom. The molecule has 18 heavy (non-hydrogen) atoms. The molecule has 1 aliphatic carbocycles. The van der Waals surface area contributed by atoms with Crippen LogP contribution in [0.4, 0.5) is 10.1 Å². The van der Waals surface area contributed by atoms with Gasteiger partial charge < -0.3 is 5.32 Å². The third-order valence-corrected chi connectivity index (χ3v) is 3.42. The van der Waals surface area contributed by atoms with Gasteiger partial charge in [0.25, 0.3) is 0 Å². The van der Waals surface area contributed by atoms with Crippen LogP contribution in [-0.2, 0) is 4.79 Å². The maximum Gasteiger partial charge on any atom is 0.163 e. The van der Waals surface area contributed by atoms with E-state index in [1.54, 1.807) is 25.3 Å². The minimum absolute atomic E-state index is 0.127. The highest BCUT2D eigenvalue weighted by Crippen LogP contribution is 2.25. The summed E-state index contributed by atoms with van der Waals surface area (Å²) in [4.78, 5) is 11.9. The summed E-state index contributed by atoms with van der Waals surface area (Å²) in [6, 6.07) is 4.85. The van der Waals surface area contributed by atoms with Crippen molar-refractivity contribution in [1.82, 2.24) is 0 Å². The Kier molecular flexibility index (Phi) is 3.80. The molecule has 1 fully saturated rings. The fourth-order valence-electron chi connectivity index (χ4n) is 2.22. The molecule has 1 aromatic rings. The zero-order valence-corrected chi connectivity index (χ0v) is 10.8. The molecular weight excluding hydrogens is 229 g/mol. The largest absolute Gasteiger partial charge is 0.361 e. The summed E-state index contributed by atoms with van der Waals surface area (Å²) >= 11 is 0. The number of hydrogen-bond donors (Lipinski definition) is 1. The van der Waals surface area contributed by atoms with Crippen LogP contribution in [0.2, 0.25) is 0 Å². The number of carbonyl (C=O) groups excluding carboxylic acids is 1. The maximum absolute atomic E-state index is 13.1. The molecule has 1 saturated carbocycles. The van der Waals surface area contributed by atoms with Crippen LogP contribution in [0.25, 0.3) is 0 Å².